The van der Waals surface area contributed by atoms with Crippen LogP contribution in [0.3, 0.4) is 0 Å². The van der Waals surface area contributed by atoms with Crippen LogP contribution in [0, 0.1) is 0 Å². The molecular weight excluding hydrogens is 508 g/mol. The first-order chi connectivity index (χ1) is 20.1. The van der Waals surface area contributed by atoms with Crippen molar-refractivity contribution in [3.8, 4) is 0 Å². The number of ether oxygens (including phenoxy) is 1. The average Bonchev–Trinajstić information content (AvgIpc) is 2.95. The summed E-state index contributed by atoms with van der Waals surface area (Å²) >= 11 is 0. The molecule has 0 saturated carbocycles. The van der Waals surface area contributed by atoms with Gasteiger partial charge in [0.15, 0.2) is 0 Å². The third-order valence-corrected chi connectivity index (χ3v) is 7.93. The number of hydrogen-bond acceptors (Lipinski definition) is 3. The SMILES string of the molecule is CCCCC/C=C\C/C=C\CCCCCCCCCCCC(=O)OC(CCCC)CCCCCCCCCC(=O)O. The summed E-state index contributed by atoms with van der Waals surface area (Å²) in [5.74, 6) is -0.688. The van der Waals surface area contributed by atoms with Gasteiger partial charge in [0.1, 0.15) is 6.10 Å². The van der Waals surface area contributed by atoms with Crippen molar-refractivity contribution in [2.24, 2.45) is 0 Å². The van der Waals surface area contributed by atoms with Gasteiger partial charge in [-0.25, -0.2) is 0 Å². The van der Waals surface area contributed by atoms with Crippen molar-refractivity contribution in [3.05, 3.63) is 24.3 Å². The van der Waals surface area contributed by atoms with Gasteiger partial charge in [-0.05, 0) is 64.2 Å². The van der Waals surface area contributed by atoms with E-state index in [4.69, 9.17) is 9.84 Å². The Labute approximate surface area is 255 Å². The monoisotopic (exact) mass is 577 g/mol. The molecule has 1 unspecified atom stereocenters. The van der Waals surface area contributed by atoms with E-state index in [9.17, 15) is 9.59 Å². The van der Waals surface area contributed by atoms with Gasteiger partial charge in [-0.1, -0.05) is 141 Å². The second-order valence-corrected chi connectivity index (χ2v) is 12.1. The van der Waals surface area contributed by atoms with E-state index in [0.29, 0.717) is 12.8 Å². The van der Waals surface area contributed by atoms with Crippen LogP contribution in [0.1, 0.15) is 194 Å². The number of carbonyl (C=O) groups excluding carboxylic acids is 1. The molecule has 0 amide bonds. The highest BCUT2D eigenvalue weighted by molar-refractivity contribution is 5.69. The Morgan fingerprint density at radius 3 is 1.51 bits per heavy atom. The highest BCUT2D eigenvalue weighted by atomic mass is 16.5. The molecule has 0 fully saturated rings. The summed E-state index contributed by atoms with van der Waals surface area (Å²) in [6.07, 6.45) is 40.9. The molecule has 0 bridgehead atoms. The minimum atomic E-state index is -0.690. The average molecular weight is 577 g/mol. The third kappa shape index (κ3) is 32.8. The second-order valence-electron chi connectivity index (χ2n) is 12.1. The van der Waals surface area contributed by atoms with Crippen LogP contribution in [0.5, 0.6) is 0 Å². The molecular formula is C37H68O4. The van der Waals surface area contributed by atoms with Crippen LogP contribution in [-0.2, 0) is 14.3 Å². The molecule has 4 heteroatoms. The first-order valence-electron chi connectivity index (χ1n) is 17.8. The molecule has 0 saturated heterocycles. The molecule has 0 spiro atoms. The summed E-state index contributed by atoms with van der Waals surface area (Å²) in [4.78, 5) is 23.0. The lowest BCUT2D eigenvalue weighted by Crippen LogP contribution is -2.18. The Morgan fingerprint density at radius 1 is 0.537 bits per heavy atom. The van der Waals surface area contributed by atoms with Crippen LogP contribution in [-0.4, -0.2) is 23.1 Å². The van der Waals surface area contributed by atoms with Gasteiger partial charge in [-0.3, -0.25) is 9.59 Å². The van der Waals surface area contributed by atoms with E-state index >= 15 is 0 Å². The maximum absolute atomic E-state index is 12.4. The Kier molecular flexibility index (Phi) is 31.7. The van der Waals surface area contributed by atoms with Crippen LogP contribution < -0.4 is 0 Å². The third-order valence-electron chi connectivity index (χ3n) is 7.93. The molecule has 4 nitrogen and oxygen atoms in total. The first-order valence-corrected chi connectivity index (χ1v) is 17.8. The molecule has 0 aromatic rings. The van der Waals surface area contributed by atoms with E-state index in [1.165, 1.54) is 96.3 Å². The summed E-state index contributed by atoms with van der Waals surface area (Å²) < 4.78 is 5.87. The van der Waals surface area contributed by atoms with Crippen LogP contribution in [0.2, 0.25) is 0 Å². The standard InChI is InChI=1S/C37H68O4/c1-3-5-7-8-9-10-11-12-13-14-15-16-17-18-19-20-24-27-30-34-37(40)41-35(31-6-4-2)32-28-25-22-21-23-26-29-33-36(38)39/h9-10,12-13,35H,3-8,11,14-34H2,1-2H3,(H,38,39)/b10-9-,13-12-. The number of carbonyl (C=O) groups is 2. The summed E-state index contributed by atoms with van der Waals surface area (Å²) in [6.45, 7) is 4.45. The van der Waals surface area contributed by atoms with E-state index in [1.807, 2.05) is 0 Å². The van der Waals surface area contributed by atoms with Crippen molar-refractivity contribution in [2.75, 3.05) is 0 Å². The maximum Gasteiger partial charge on any atom is 0.306 e. The number of aliphatic carboxylic acids is 1. The minimum absolute atomic E-state index is 0.00146. The fourth-order valence-electron chi connectivity index (χ4n) is 5.26. The number of esters is 1. The number of carboxylic acids is 1. The van der Waals surface area contributed by atoms with Gasteiger partial charge in [0, 0.05) is 12.8 Å². The summed E-state index contributed by atoms with van der Waals surface area (Å²) in [6, 6.07) is 0. The Morgan fingerprint density at radius 2 is 0.976 bits per heavy atom. The zero-order valence-electron chi connectivity index (χ0n) is 27.4. The fraction of sp³-hybridized carbons (Fsp3) is 0.838. The Hall–Kier alpha value is -1.58. The zero-order valence-corrected chi connectivity index (χ0v) is 27.4. The van der Waals surface area contributed by atoms with Crippen LogP contribution >= 0.6 is 0 Å². The first kappa shape index (κ1) is 39.4. The van der Waals surface area contributed by atoms with Gasteiger partial charge in [0.25, 0.3) is 0 Å². The molecule has 41 heavy (non-hydrogen) atoms. The second kappa shape index (κ2) is 32.9. The highest BCUT2D eigenvalue weighted by Gasteiger charge is 2.13. The van der Waals surface area contributed by atoms with Crippen LogP contribution in [0.25, 0.3) is 0 Å². The highest BCUT2D eigenvalue weighted by Crippen LogP contribution is 2.17. The van der Waals surface area contributed by atoms with E-state index in [-0.39, 0.29) is 12.1 Å². The number of allylic oxidation sites excluding steroid dienone is 4. The summed E-state index contributed by atoms with van der Waals surface area (Å²) in [7, 11) is 0. The minimum Gasteiger partial charge on any atom is -0.481 e. The topological polar surface area (TPSA) is 63.6 Å². The van der Waals surface area contributed by atoms with Gasteiger partial charge < -0.3 is 9.84 Å². The van der Waals surface area contributed by atoms with Gasteiger partial charge in [0.2, 0.25) is 0 Å². The van der Waals surface area contributed by atoms with Crippen molar-refractivity contribution >= 4 is 11.9 Å². The fourth-order valence-corrected chi connectivity index (χ4v) is 5.26. The Bertz CT molecular complexity index is 624. The van der Waals surface area contributed by atoms with Crippen molar-refractivity contribution in [1.82, 2.24) is 0 Å². The van der Waals surface area contributed by atoms with Gasteiger partial charge in [-0.15, -0.1) is 0 Å². The zero-order chi connectivity index (χ0) is 30.1. The molecule has 0 heterocycles. The van der Waals surface area contributed by atoms with Gasteiger partial charge >= 0.3 is 11.9 Å². The molecule has 0 radical (unpaired) electrons. The van der Waals surface area contributed by atoms with Crippen LogP contribution in [0.4, 0.5) is 0 Å². The molecule has 0 aromatic carbocycles. The number of hydrogen-bond donors (Lipinski definition) is 1. The molecule has 240 valence electrons. The summed E-state index contributed by atoms with van der Waals surface area (Å²) in [5, 5.41) is 8.69. The molecule has 0 aliphatic heterocycles. The molecule has 0 aromatic heterocycles. The maximum atomic E-state index is 12.4. The van der Waals surface area contributed by atoms with E-state index in [1.54, 1.807) is 0 Å². The number of rotatable bonds is 32. The van der Waals surface area contributed by atoms with E-state index in [2.05, 4.69) is 38.2 Å². The molecule has 0 rings (SSSR count). The molecule has 1 N–H and O–H groups in total. The molecule has 1 atom stereocenters. The Balaban J connectivity index is 3.63. The van der Waals surface area contributed by atoms with Crippen LogP contribution in [0.15, 0.2) is 24.3 Å². The number of carboxylic acid groups (broad SMARTS) is 1. The van der Waals surface area contributed by atoms with E-state index < -0.39 is 5.97 Å². The van der Waals surface area contributed by atoms with Crippen molar-refractivity contribution < 1.29 is 19.4 Å². The van der Waals surface area contributed by atoms with Gasteiger partial charge in [0.05, 0.1) is 0 Å². The van der Waals surface area contributed by atoms with Gasteiger partial charge in [-0.2, -0.15) is 0 Å². The number of unbranched alkanes of at least 4 members (excludes halogenated alkanes) is 19. The van der Waals surface area contributed by atoms with Crippen molar-refractivity contribution in [3.63, 3.8) is 0 Å². The van der Waals surface area contributed by atoms with E-state index in [0.717, 1.165) is 70.6 Å². The lowest BCUT2D eigenvalue weighted by Gasteiger charge is -2.18. The summed E-state index contributed by atoms with van der Waals surface area (Å²) in [5.41, 5.74) is 0. The predicted molar refractivity (Wildman–Crippen MR) is 176 cm³/mol. The smallest absolute Gasteiger partial charge is 0.306 e. The lowest BCUT2D eigenvalue weighted by atomic mass is 10.0. The van der Waals surface area contributed by atoms with Crippen molar-refractivity contribution in [1.29, 1.82) is 0 Å². The lowest BCUT2D eigenvalue weighted by molar-refractivity contribution is -0.150. The van der Waals surface area contributed by atoms with Crippen molar-refractivity contribution in [2.45, 2.75) is 200 Å². The quantitative estimate of drug-likeness (QED) is 0.0491. The normalized spacial score (nSPS) is 12.4. The predicted octanol–water partition coefficient (Wildman–Crippen LogP) is 12.1. The largest absolute Gasteiger partial charge is 0.481 e. The molecule has 0 aliphatic carbocycles. The molecule has 0 aliphatic rings.